The van der Waals surface area contributed by atoms with Crippen LogP contribution in [-0.2, 0) is 0 Å². The maximum atomic E-state index is 8.80. The second-order valence-corrected chi connectivity index (χ2v) is 4.98. The van der Waals surface area contributed by atoms with Crippen molar-refractivity contribution >= 4 is 29.0 Å². The molecule has 2 rings (SSSR count). The first-order chi connectivity index (χ1) is 9.51. The molecule has 0 fully saturated rings. The van der Waals surface area contributed by atoms with E-state index < -0.39 is 0 Å². The molecule has 0 atom stereocenters. The number of hydrogen-bond acceptors (Lipinski definition) is 3. The highest BCUT2D eigenvalue weighted by Crippen LogP contribution is 2.29. The molecule has 0 saturated carbocycles. The number of halogens is 2. The van der Waals surface area contributed by atoms with E-state index in [0.29, 0.717) is 27.1 Å². The second-order valence-electron chi connectivity index (χ2n) is 4.14. The highest BCUT2D eigenvalue weighted by atomic mass is 35.5. The van der Waals surface area contributed by atoms with Gasteiger partial charge in [0.2, 0.25) is 0 Å². The van der Waals surface area contributed by atoms with Crippen molar-refractivity contribution in [3.05, 3.63) is 57.6 Å². The van der Waals surface area contributed by atoms with E-state index in [-0.39, 0.29) is 5.84 Å². The maximum absolute atomic E-state index is 8.80. The predicted octanol–water partition coefficient (Wildman–Crippen LogP) is 4.19. The molecule has 0 bridgehead atoms. The molecular weight excluding hydrogens is 299 g/mol. The van der Waals surface area contributed by atoms with Crippen LogP contribution in [0.1, 0.15) is 11.1 Å². The van der Waals surface area contributed by atoms with Crippen molar-refractivity contribution in [2.45, 2.75) is 6.92 Å². The van der Waals surface area contributed by atoms with Crippen LogP contribution in [0.3, 0.4) is 0 Å². The molecule has 0 heterocycles. The first-order valence-corrected chi connectivity index (χ1v) is 6.48. The minimum absolute atomic E-state index is 0.0758. The van der Waals surface area contributed by atoms with Crippen LogP contribution in [0, 0.1) is 6.92 Å². The van der Waals surface area contributed by atoms with Gasteiger partial charge in [0.1, 0.15) is 11.5 Å². The Bertz CT molecular complexity index is 672. The van der Waals surface area contributed by atoms with Crippen molar-refractivity contribution in [2.75, 3.05) is 0 Å². The summed E-state index contributed by atoms with van der Waals surface area (Å²) in [7, 11) is 0. The van der Waals surface area contributed by atoms with Crippen molar-refractivity contribution in [3.8, 4) is 11.5 Å². The summed E-state index contributed by atoms with van der Waals surface area (Å²) in [5, 5.41) is 12.9. The molecule has 2 aromatic carbocycles. The highest BCUT2D eigenvalue weighted by molar-refractivity contribution is 6.31. The summed E-state index contributed by atoms with van der Waals surface area (Å²) in [5.74, 6) is 0.959. The molecule has 0 radical (unpaired) electrons. The molecule has 0 aliphatic rings. The van der Waals surface area contributed by atoms with E-state index in [4.69, 9.17) is 38.9 Å². The van der Waals surface area contributed by atoms with E-state index in [1.807, 2.05) is 6.92 Å². The number of amidine groups is 1. The molecule has 6 heteroatoms. The SMILES string of the molecule is Cc1cc(Oc2ccc(Cl)cc2C(N)=NO)ccc1Cl. The lowest BCUT2D eigenvalue weighted by molar-refractivity contribution is 0.318. The average Bonchev–Trinajstić information content (AvgIpc) is 2.44. The standard InChI is InChI=1S/C14H12Cl2N2O2/c1-8-6-10(3-4-12(8)16)20-13-5-2-9(15)7-11(13)14(17)18-19/h2-7,19H,1H3,(H2,17,18). The number of benzene rings is 2. The van der Waals surface area contributed by atoms with Gasteiger partial charge in [0.15, 0.2) is 5.84 Å². The lowest BCUT2D eigenvalue weighted by Crippen LogP contribution is -2.14. The van der Waals surface area contributed by atoms with Crippen LogP contribution < -0.4 is 10.5 Å². The molecule has 0 amide bonds. The minimum atomic E-state index is -0.0758. The third-order valence-corrected chi connectivity index (χ3v) is 3.34. The summed E-state index contributed by atoms with van der Waals surface area (Å²) in [4.78, 5) is 0. The molecule has 4 nitrogen and oxygen atoms in total. The van der Waals surface area contributed by atoms with Gasteiger partial charge in [-0.1, -0.05) is 28.4 Å². The Hall–Kier alpha value is -1.91. The zero-order chi connectivity index (χ0) is 14.7. The van der Waals surface area contributed by atoms with Gasteiger partial charge in [0.25, 0.3) is 0 Å². The van der Waals surface area contributed by atoms with E-state index in [9.17, 15) is 0 Å². The Kier molecular flexibility index (Phi) is 4.37. The third kappa shape index (κ3) is 3.15. The maximum Gasteiger partial charge on any atom is 0.173 e. The number of rotatable bonds is 3. The van der Waals surface area contributed by atoms with Gasteiger partial charge in [-0.3, -0.25) is 0 Å². The molecule has 0 aliphatic heterocycles. The van der Waals surface area contributed by atoms with Gasteiger partial charge in [-0.05, 0) is 48.9 Å². The highest BCUT2D eigenvalue weighted by Gasteiger charge is 2.11. The van der Waals surface area contributed by atoms with Crippen molar-refractivity contribution in [1.82, 2.24) is 0 Å². The van der Waals surface area contributed by atoms with E-state index in [1.165, 1.54) is 0 Å². The van der Waals surface area contributed by atoms with Crippen LogP contribution in [0.5, 0.6) is 11.5 Å². The fourth-order valence-electron chi connectivity index (χ4n) is 1.65. The summed E-state index contributed by atoms with van der Waals surface area (Å²) < 4.78 is 5.73. The first kappa shape index (κ1) is 14.5. The molecule has 104 valence electrons. The van der Waals surface area contributed by atoms with Gasteiger partial charge in [0.05, 0.1) is 5.56 Å². The van der Waals surface area contributed by atoms with E-state index in [0.717, 1.165) is 5.56 Å². The van der Waals surface area contributed by atoms with Gasteiger partial charge in [-0.15, -0.1) is 0 Å². The summed E-state index contributed by atoms with van der Waals surface area (Å²) in [6.07, 6.45) is 0. The first-order valence-electron chi connectivity index (χ1n) is 5.72. The topological polar surface area (TPSA) is 67.8 Å². The number of aryl methyl sites for hydroxylation is 1. The van der Waals surface area contributed by atoms with Gasteiger partial charge in [-0.25, -0.2) is 0 Å². The summed E-state index contributed by atoms with van der Waals surface area (Å²) in [6, 6.07) is 10.2. The van der Waals surface area contributed by atoms with Gasteiger partial charge in [-0.2, -0.15) is 0 Å². The average molecular weight is 311 g/mol. The van der Waals surface area contributed by atoms with Crippen molar-refractivity contribution in [2.24, 2.45) is 10.9 Å². The van der Waals surface area contributed by atoms with Crippen LogP contribution in [-0.4, -0.2) is 11.0 Å². The monoisotopic (exact) mass is 310 g/mol. The van der Waals surface area contributed by atoms with Crippen LogP contribution in [0.4, 0.5) is 0 Å². The minimum Gasteiger partial charge on any atom is -0.457 e. The zero-order valence-electron chi connectivity index (χ0n) is 10.6. The molecule has 0 aliphatic carbocycles. The van der Waals surface area contributed by atoms with Gasteiger partial charge < -0.3 is 15.7 Å². The van der Waals surface area contributed by atoms with E-state index >= 15 is 0 Å². The number of oxime groups is 1. The molecule has 0 unspecified atom stereocenters. The van der Waals surface area contributed by atoms with Gasteiger partial charge in [0, 0.05) is 10.0 Å². The lowest BCUT2D eigenvalue weighted by atomic mass is 10.2. The lowest BCUT2D eigenvalue weighted by Gasteiger charge is -2.11. The number of hydrogen-bond donors (Lipinski definition) is 2. The summed E-state index contributed by atoms with van der Waals surface area (Å²) in [5.41, 5.74) is 6.91. The molecule has 20 heavy (non-hydrogen) atoms. The van der Waals surface area contributed by atoms with Crippen molar-refractivity contribution < 1.29 is 9.94 Å². The Morgan fingerprint density at radius 2 is 1.95 bits per heavy atom. The second kappa shape index (κ2) is 6.03. The molecule has 2 aromatic rings. The van der Waals surface area contributed by atoms with Crippen LogP contribution in [0.25, 0.3) is 0 Å². The molecule has 0 spiro atoms. The fourth-order valence-corrected chi connectivity index (χ4v) is 1.94. The molecule has 3 N–H and O–H groups in total. The number of nitrogens with zero attached hydrogens (tertiary/aromatic N) is 1. The zero-order valence-corrected chi connectivity index (χ0v) is 12.1. The fraction of sp³-hybridized carbons (Fsp3) is 0.0714. The molecular formula is C14H12Cl2N2O2. The Morgan fingerprint density at radius 1 is 1.20 bits per heavy atom. The van der Waals surface area contributed by atoms with Crippen LogP contribution >= 0.6 is 23.2 Å². The Labute approximate surface area is 126 Å². The Balaban J connectivity index is 2.40. The normalized spacial score (nSPS) is 11.4. The predicted molar refractivity (Wildman–Crippen MR) is 80.2 cm³/mol. The quantitative estimate of drug-likeness (QED) is 0.386. The largest absolute Gasteiger partial charge is 0.457 e. The Morgan fingerprint density at radius 3 is 2.60 bits per heavy atom. The van der Waals surface area contributed by atoms with Crippen molar-refractivity contribution in [3.63, 3.8) is 0 Å². The molecule has 0 aromatic heterocycles. The van der Waals surface area contributed by atoms with Crippen LogP contribution in [0.15, 0.2) is 41.6 Å². The third-order valence-electron chi connectivity index (χ3n) is 2.68. The number of ether oxygens (including phenoxy) is 1. The van der Waals surface area contributed by atoms with E-state index in [2.05, 4.69) is 5.16 Å². The van der Waals surface area contributed by atoms with Crippen LogP contribution in [0.2, 0.25) is 10.0 Å². The van der Waals surface area contributed by atoms with E-state index in [1.54, 1.807) is 36.4 Å². The van der Waals surface area contributed by atoms with Crippen molar-refractivity contribution in [1.29, 1.82) is 0 Å². The number of nitrogens with two attached hydrogens (primary N) is 1. The van der Waals surface area contributed by atoms with Gasteiger partial charge >= 0.3 is 0 Å². The summed E-state index contributed by atoms with van der Waals surface area (Å²) >= 11 is 11.9. The smallest absolute Gasteiger partial charge is 0.173 e. The summed E-state index contributed by atoms with van der Waals surface area (Å²) in [6.45, 7) is 1.88. The molecule has 0 saturated heterocycles.